The molecular formula is C16H19ClN2O2. The highest BCUT2D eigenvalue weighted by molar-refractivity contribution is 6.30. The number of nitrogens with zero attached hydrogens (tertiary/aromatic N) is 1. The van der Waals surface area contributed by atoms with Gasteiger partial charge in [0.1, 0.15) is 0 Å². The summed E-state index contributed by atoms with van der Waals surface area (Å²) in [6.07, 6.45) is 2.72. The van der Waals surface area contributed by atoms with Gasteiger partial charge in [0.25, 0.3) is 0 Å². The van der Waals surface area contributed by atoms with Gasteiger partial charge >= 0.3 is 0 Å². The number of carbonyl (C=O) groups excluding carboxylic acids is 2. The van der Waals surface area contributed by atoms with Crippen molar-refractivity contribution >= 4 is 29.1 Å². The summed E-state index contributed by atoms with van der Waals surface area (Å²) in [6.45, 7) is 2.35. The van der Waals surface area contributed by atoms with Crippen molar-refractivity contribution in [1.29, 1.82) is 0 Å². The highest BCUT2D eigenvalue weighted by atomic mass is 35.5. The van der Waals surface area contributed by atoms with Crippen LogP contribution in [0.5, 0.6) is 0 Å². The third-order valence-corrected chi connectivity index (χ3v) is 5.07. The van der Waals surface area contributed by atoms with Gasteiger partial charge in [-0.05, 0) is 42.5 Å². The Balaban J connectivity index is 1.80. The summed E-state index contributed by atoms with van der Waals surface area (Å²) < 4.78 is 0. The van der Waals surface area contributed by atoms with Gasteiger partial charge in [0.2, 0.25) is 11.8 Å². The topological polar surface area (TPSA) is 63.4 Å². The number of hydrogen-bond donors (Lipinski definition) is 1. The standard InChI is InChI=1S/C16H19ClN2O2/c1-2-9-5-12-13(6-9)16(21)19(15(12)20)8-10-7-11(17)3-4-14(10)18/h3-4,7,9,12-13H,2,5-6,8,18H2,1H3. The Bertz CT molecular complexity index is 578. The quantitative estimate of drug-likeness (QED) is 0.690. The molecule has 2 unspecified atom stereocenters. The summed E-state index contributed by atoms with van der Waals surface area (Å²) in [5.74, 6) is 0.178. The van der Waals surface area contributed by atoms with E-state index >= 15 is 0 Å². The Morgan fingerprint density at radius 1 is 1.24 bits per heavy atom. The zero-order chi connectivity index (χ0) is 15.1. The summed E-state index contributed by atoms with van der Waals surface area (Å²) >= 11 is 5.96. The van der Waals surface area contributed by atoms with E-state index in [0.717, 1.165) is 24.8 Å². The van der Waals surface area contributed by atoms with Crippen molar-refractivity contribution in [1.82, 2.24) is 4.90 Å². The fourth-order valence-electron chi connectivity index (χ4n) is 3.57. The lowest BCUT2D eigenvalue weighted by atomic mass is 10.00. The lowest BCUT2D eigenvalue weighted by Crippen LogP contribution is -2.32. The van der Waals surface area contributed by atoms with Crippen molar-refractivity contribution in [3.05, 3.63) is 28.8 Å². The van der Waals surface area contributed by atoms with Crippen LogP contribution in [0.25, 0.3) is 0 Å². The smallest absolute Gasteiger partial charge is 0.233 e. The molecular weight excluding hydrogens is 288 g/mol. The Morgan fingerprint density at radius 2 is 1.86 bits per heavy atom. The molecule has 1 aromatic rings. The number of anilines is 1. The predicted octanol–water partition coefficient (Wildman–Crippen LogP) is 2.84. The maximum atomic E-state index is 12.5. The molecule has 0 radical (unpaired) electrons. The fourth-order valence-corrected chi connectivity index (χ4v) is 3.76. The van der Waals surface area contributed by atoms with Gasteiger partial charge in [-0.15, -0.1) is 0 Å². The molecule has 4 nitrogen and oxygen atoms in total. The van der Waals surface area contributed by atoms with Gasteiger partial charge in [0.15, 0.2) is 0 Å². The molecule has 1 saturated heterocycles. The fraction of sp³-hybridized carbons (Fsp3) is 0.500. The minimum absolute atomic E-state index is 0.0414. The zero-order valence-electron chi connectivity index (χ0n) is 12.0. The van der Waals surface area contributed by atoms with Crippen LogP contribution < -0.4 is 5.73 Å². The number of hydrogen-bond acceptors (Lipinski definition) is 3. The first-order valence-corrected chi connectivity index (χ1v) is 7.78. The van der Waals surface area contributed by atoms with Gasteiger partial charge in [-0.25, -0.2) is 0 Å². The van der Waals surface area contributed by atoms with Crippen LogP contribution in [-0.2, 0) is 16.1 Å². The Hall–Kier alpha value is -1.55. The molecule has 0 aromatic heterocycles. The first kappa shape index (κ1) is 14.4. The number of imide groups is 1. The van der Waals surface area contributed by atoms with Crippen LogP contribution in [0.1, 0.15) is 31.7 Å². The van der Waals surface area contributed by atoms with Crippen LogP contribution in [0.2, 0.25) is 5.02 Å². The van der Waals surface area contributed by atoms with Crippen molar-refractivity contribution in [2.75, 3.05) is 5.73 Å². The van der Waals surface area contributed by atoms with E-state index in [4.69, 9.17) is 17.3 Å². The number of benzene rings is 1. The molecule has 112 valence electrons. The average molecular weight is 307 g/mol. The number of amides is 2. The minimum Gasteiger partial charge on any atom is -0.398 e. The third kappa shape index (κ3) is 2.42. The number of halogens is 1. The van der Waals surface area contributed by atoms with Crippen LogP contribution in [0.3, 0.4) is 0 Å². The predicted molar refractivity (Wildman–Crippen MR) is 81.4 cm³/mol. The lowest BCUT2D eigenvalue weighted by Gasteiger charge is -2.18. The largest absolute Gasteiger partial charge is 0.398 e. The summed E-state index contributed by atoms with van der Waals surface area (Å²) in [4.78, 5) is 26.3. The molecule has 5 heteroatoms. The van der Waals surface area contributed by atoms with Crippen molar-refractivity contribution in [2.45, 2.75) is 32.7 Å². The molecule has 21 heavy (non-hydrogen) atoms. The van der Waals surface area contributed by atoms with Crippen molar-refractivity contribution in [3.63, 3.8) is 0 Å². The second-order valence-corrected chi connectivity index (χ2v) is 6.50. The minimum atomic E-state index is -0.122. The molecule has 1 aliphatic carbocycles. The summed E-state index contributed by atoms with van der Waals surface area (Å²) in [7, 11) is 0. The van der Waals surface area contributed by atoms with Gasteiger partial charge in [-0.3, -0.25) is 14.5 Å². The molecule has 1 saturated carbocycles. The highest BCUT2D eigenvalue weighted by Gasteiger charge is 2.52. The van der Waals surface area contributed by atoms with Gasteiger partial charge in [0.05, 0.1) is 18.4 Å². The van der Waals surface area contributed by atoms with Crippen LogP contribution in [0, 0.1) is 17.8 Å². The normalized spacial score (nSPS) is 28.3. The molecule has 1 heterocycles. The Labute approximate surface area is 129 Å². The molecule has 1 aliphatic heterocycles. The second kappa shape index (κ2) is 5.34. The number of rotatable bonds is 3. The van der Waals surface area contributed by atoms with E-state index in [9.17, 15) is 9.59 Å². The van der Waals surface area contributed by atoms with E-state index in [2.05, 4.69) is 6.92 Å². The van der Waals surface area contributed by atoms with Gasteiger partial charge in [-0.1, -0.05) is 24.9 Å². The number of carbonyl (C=O) groups is 2. The molecule has 2 fully saturated rings. The number of fused-ring (bicyclic) bond motifs is 1. The Morgan fingerprint density at radius 3 is 2.43 bits per heavy atom. The van der Waals surface area contributed by atoms with Crippen molar-refractivity contribution in [3.8, 4) is 0 Å². The maximum Gasteiger partial charge on any atom is 0.233 e. The van der Waals surface area contributed by atoms with Crippen molar-refractivity contribution < 1.29 is 9.59 Å². The number of nitrogen functional groups attached to an aromatic ring is 1. The van der Waals surface area contributed by atoms with E-state index in [1.807, 2.05) is 0 Å². The lowest BCUT2D eigenvalue weighted by molar-refractivity contribution is -0.141. The van der Waals surface area contributed by atoms with E-state index in [1.54, 1.807) is 18.2 Å². The Kier molecular flexibility index (Phi) is 3.66. The van der Waals surface area contributed by atoms with Crippen LogP contribution in [0.4, 0.5) is 5.69 Å². The van der Waals surface area contributed by atoms with E-state index in [1.165, 1.54) is 4.90 Å². The highest BCUT2D eigenvalue weighted by Crippen LogP contribution is 2.44. The van der Waals surface area contributed by atoms with Gasteiger partial charge < -0.3 is 5.73 Å². The first-order valence-electron chi connectivity index (χ1n) is 7.40. The summed E-state index contributed by atoms with van der Waals surface area (Å²) in [5, 5.41) is 0.560. The number of likely N-dealkylation sites (tertiary alicyclic amines) is 1. The second-order valence-electron chi connectivity index (χ2n) is 6.06. The molecule has 3 rings (SSSR count). The van der Waals surface area contributed by atoms with E-state index < -0.39 is 0 Å². The van der Waals surface area contributed by atoms with Crippen LogP contribution in [-0.4, -0.2) is 16.7 Å². The van der Waals surface area contributed by atoms with Crippen LogP contribution >= 0.6 is 11.6 Å². The van der Waals surface area contributed by atoms with E-state index in [-0.39, 0.29) is 30.2 Å². The van der Waals surface area contributed by atoms with E-state index in [0.29, 0.717) is 16.6 Å². The zero-order valence-corrected chi connectivity index (χ0v) is 12.8. The van der Waals surface area contributed by atoms with Gasteiger partial charge in [0, 0.05) is 10.7 Å². The van der Waals surface area contributed by atoms with Crippen molar-refractivity contribution in [2.24, 2.45) is 17.8 Å². The molecule has 2 aliphatic rings. The SMILES string of the molecule is CCC1CC2C(=O)N(Cc3cc(Cl)ccc3N)C(=O)C2C1. The average Bonchev–Trinajstić information content (AvgIpc) is 2.98. The molecule has 2 N–H and O–H groups in total. The third-order valence-electron chi connectivity index (χ3n) is 4.84. The van der Waals surface area contributed by atoms with Gasteiger partial charge in [-0.2, -0.15) is 0 Å². The number of nitrogens with two attached hydrogens (primary N) is 1. The molecule has 2 amide bonds. The molecule has 1 aromatic carbocycles. The molecule has 2 atom stereocenters. The molecule has 0 bridgehead atoms. The maximum absolute atomic E-state index is 12.5. The molecule has 0 spiro atoms. The van der Waals surface area contributed by atoms with Crippen LogP contribution in [0.15, 0.2) is 18.2 Å². The first-order chi connectivity index (χ1) is 10.0. The summed E-state index contributed by atoms with van der Waals surface area (Å²) in [5.41, 5.74) is 7.20. The summed E-state index contributed by atoms with van der Waals surface area (Å²) in [6, 6.07) is 5.13. The monoisotopic (exact) mass is 306 g/mol.